The molecule has 3 N–H and O–H groups in total. The van der Waals surface area contributed by atoms with Crippen LogP contribution in [0.5, 0.6) is 0 Å². The molecule has 21 heavy (non-hydrogen) atoms. The Labute approximate surface area is 126 Å². The lowest BCUT2D eigenvalue weighted by atomic mass is 10.1. The normalized spacial score (nSPS) is 15.0. The SMILES string of the molecule is CCCCCCCCCCCCOP(=O)(O)OP(=O)(O)O. The highest BCUT2D eigenvalue weighted by Crippen LogP contribution is 2.57. The first-order valence-corrected chi connectivity index (χ1v) is 10.5. The molecular formula is C12H28O7P2. The van der Waals surface area contributed by atoms with Gasteiger partial charge in [-0.15, -0.1) is 0 Å². The summed E-state index contributed by atoms with van der Waals surface area (Å²) >= 11 is 0. The molecule has 0 aliphatic carbocycles. The first-order valence-electron chi connectivity index (χ1n) is 7.51. The van der Waals surface area contributed by atoms with Gasteiger partial charge in [-0.2, -0.15) is 4.31 Å². The zero-order chi connectivity index (χ0) is 16.2. The minimum Gasteiger partial charge on any atom is -0.302 e. The van der Waals surface area contributed by atoms with Crippen LogP contribution in [0.1, 0.15) is 71.1 Å². The summed E-state index contributed by atoms with van der Waals surface area (Å²) in [5.41, 5.74) is 0. The fourth-order valence-electron chi connectivity index (χ4n) is 1.93. The highest BCUT2D eigenvalue weighted by atomic mass is 31.3. The Kier molecular flexibility index (Phi) is 11.9. The molecule has 0 heterocycles. The van der Waals surface area contributed by atoms with Gasteiger partial charge in [0.2, 0.25) is 0 Å². The van der Waals surface area contributed by atoms with Crippen LogP contribution >= 0.6 is 15.6 Å². The van der Waals surface area contributed by atoms with E-state index < -0.39 is 15.6 Å². The van der Waals surface area contributed by atoms with Crippen LogP contribution in [0.3, 0.4) is 0 Å². The number of phosphoric ester groups is 1. The van der Waals surface area contributed by atoms with E-state index in [2.05, 4.69) is 15.8 Å². The van der Waals surface area contributed by atoms with E-state index in [0.717, 1.165) is 19.3 Å². The van der Waals surface area contributed by atoms with Gasteiger partial charge in [-0.25, -0.2) is 9.13 Å². The Morgan fingerprint density at radius 2 is 1.19 bits per heavy atom. The summed E-state index contributed by atoms with van der Waals surface area (Å²) in [7, 11) is -9.66. The Balaban J connectivity index is 3.40. The summed E-state index contributed by atoms with van der Waals surface area (Å²) in [6, 6.07) is 0. The van der Waals surface area contributed by atoms with Crippen LogP contribution in [-0.2, 0) is 18.0 Å². The quantitative estimate of drug-likeness (QED) is 0.320. The standard InChI is InChI=1S/C12H28O7P2/c1-2-3-4-5-6-7-8-9-10-11-12-18-21(16,17)19-20(13,14)15/h2-12H2,1H3,(H,16,17)(H2,13,14,15). The molecule has 128 valence electrons. The van der Waals surface area contributed by atoms with E-state index >= 15 is 0 Å². The molecule has 1 unspecified atom stereocenters. The molecule has 0 amide bonds. The van der Waals surface area contributed by atoms with Gasteiger partial charge in [-0.05, 0) is 6.42 Å². The van der Waals surface area contributed by atoms with Gasteiger partial charge in [0.05, 0.1) is 6.61 Å². The summed E-state index contributed by atoms with van der Waals surface area (Å²) in [5, 5.41) is 0. The summed E-state index contributed by atoms with van der Waals surface area (Å²) in [6.45, 7) is 2.14. The van der Waals surface area contributed by atoms with E-state index in [9.17, 15) is 9.13 Å². The van der Waals surface area contributed by atoms with Gasteiger partial charge in [-0.3, -0.25) is 4.52 Å². The van der Waals surface area contributed by atoms with Crippen molar-refractivity contribution in [3.8, 4) is 0 Å². The van der Waals surface area contributed by atoms with Crippen LogP contribution in [0.25, 0.3) is 0 Å². The van der Waals surface area contributed by atoms with Crippen LogP contribution in [0.2, 0.25) is 0 Å². The highest BCUT2D eigenvalue weighted by molar-refractivity contribution is 7.60. The number of phosphoric acid groups is 2. The summed E-state index contributed by atoms with van der Waals surface area (Å²) in [4.78, 5) is 25.8. The van der Waals surface area contributed by atoms with Gasteiger partial charge >= 0.3 is 15.6 Å². The Hall–Kier alpha value is 0.260. The van der Waals surface area contributed by atoms with E-state index in [1.807, 2.05) is 0 Å². The number of rotatable bonds is 14. The fraction of sp³-hybridized carbons (Fsp3) is 1.00. The Morgan fingerprint density at radius 3 is 1.62 bits per heavy atom. The van der Waals surface area contributed by atoms with Crippen LogP contribution in [0, 0.1) is 0 Å². The molecule has 0 rings (SSSR count). The molecule has 0 radical (unpaired) electrons. The largest absolute Gasteiger partial charge is 0.481 e. The third kappa shape index (κ3) is 16.5. The topological polar surface area (TPSA) is 113 Å². The molecule has 0 fully saturated rings. The van der Waals surface area contributed by atoms with Crippen LogP contribution in [-0.4, -0.2) is 21.3 Å². The molecule has 0 aromatic rings. The third-order valence-electron chi connectivity index (χ3n) is 2.96. The minimum atomic E-state index is -5.01. The van der Waals surface area contributed by atoms with Gasteiger partial charge in [0.15, 0.2) is 0 Å². The van der Waals surface area contributed by atoms with Crippen molar-refractivity contribution in [1.29, 1.82) is 0 Å². The number of unbranched alkanes of at least 4 members (excludes halogenated alkanes) is 9. The van der Waals surface area contributed by atoms with Gasteiger partial charge in [0.1, 0.15) is 0 Å². The second kappa shape index (κ2) is 11.8. The van der Waals surface area contributed by atoms with E-state index in [0.29, 0.717) is 6.42 Å². The summed E-state index contributed by atoms with van der Waals surface area (Å²) in [5.74, 6) is 0. The lowest BCUT2D eigenvalue weighted by Crippen LogP contribution is -1.96. The third-order valence-corrected chi connectivity index (χ3v) is 5.15. The van der Waals surface area contributed by atoms with E-state index in [1.165, 1.54) is 38.5 Å². The smallest absolute Gasteiger partial charge is 0.302 e. The molecule has 0 aliphatic heterocycles. The molecular weight excluding hydrogens is 318 g/mol. The molecule has 0 aliphatic rings. The van der Waals surface area contributed by atoms with Crippen molar-refractivity contribution >= 4 is 15.6 Å². The minimum absolute atomic E-state index is 0.0513. The Bertz CT molecular complexity index is 342. The summed E-state index contributed by atoms with van der Waals surface area (Å²) < 4.78 is 29.7. The van der Waals surface area contributed by atoms with Crippen LogP contribution in [0.15, 0.2) is 0 Å². The number of hydrogen-bond acceptors (Lipinski definition) is 4. The van der Waals surface area contributed by atoms with Crippen molar-refractivity contribution < 1.29 is 32.6 Å². The number of hydrogen-bond donors (Lipinski definition) is 3. The average molecular weight is 346 g/mol. The van der Waals surface area contributed by atoms with Crippen molar-refractivity contribution in [3.05, 3.63) is 0 Å². The lowest BCUT2D eigenvalue weighted by molar-refractivity contribution is 0.176. The highest BCUT2D eigenvalue weighted by Gasteiger charge is 2.31. The molecule has 9 heteroatoms. The zero-order valence-corrected chi connectivity index (χ0v) is 14.4. The molecule has 0 saturated carbocycles. The molecule has 0 aromatic carbocycles. The fourth-order valence-corrected chi connectivity index (χ4v) is 3.55. The van der Waals surface area contributed by atoms with Crippen molar-refractivity contribution in [2.75, 3.05) is 6.61 Å². The monoisotopic (exact) mass is 346 g/mol. The van der Waals surface area contributed by atoms with Gasteiger partial charge in [-0.1, -0.05) is 64.7 Å². The molecule has 0 saturated heterocycles. The van der Waals surface area contributed by atoms with E-state index in [1.54, 1.807) is 0 Å². The van der Waals surface area contributed by atoms with Crippen molar-refractivity contribution in [2.24, 2.45) is 0 Å². The van der Waals surface area contributed by atoms with Crippen LogP contribution in [0.4, 0.5) is 0 Å². The predicted molar refractivity (Wildman–Crippen MR) is 80.8 cm³/mol. The first-order chi connectivity index (χ1) is 9.77. The average Bonchev–Trinajstić information content (AvgIpc) is 2.33. The van der Waals surface area contributed by atoms with Crippen molar-refractivity contribution in [1.82, 2.24) is 0 Å². The molecule has 0 spiro atoms. The molecule has 7 nitrogen and oxygen atoms in total. The molecule has 0 aromatic heterocycles. The van der Waals surface area contributed by atoms with Crippen molar-refractivity contribution in [2.45, 2.75) is 71.1 Å². The molecule has 0 bridgehead atoms. The maximum Gasteiger partial charge on any atom is 0.481 e. The Morgan fingerprint density at radius 1 is 0.762 bits per heavy atom. The predicted octanol–water partition coefficient (Wildman–Crippen LogP) is 4.13. The maximum atomic E-state index is 11.1. The second-order valence-electron chi connectivity index (χ2n) is 5.06. The molecule has 1 atom stereocenters. The van der Waals surface area contributed by atoms with Gasteiger partial charge < -0.3 is 14.7 Å². The summed E-state index contributed by atoms with van der Waals surface area (Å²) in [6.07, 6.45) is 11.1. The van der Waals surface area contributed by atoms with E-state index in [4.69, 9.17) is 14.7 Å². The van der Waals surface area contributed by atoms with Gasteiger partial charge in [0, 0.05) is 0 Å². The first kappa shape index (κ1) is 21.3. The maximum absolute atomic E-state index is 11.1. The lowest BCUT2D eigenvalue weighted by Gasteiger charge is -2.12. The second-order valence-corrected chi connectivity index (χ2v) is 7.89. The zero-order valence-electron chi connectivity index (χ0n) is 12.6. The van der Waals surface area contributed by atoms with E-state index in [-0.39, 0.29) is 6.61 Å². The van der Waals surface area contributed by atoms with Gasteiger partial charge in [0.25, 0.3) is 0 Å². The van der Waals surface area contributed by atoms with Crippen LogP contribution < -0.4 is 0 Å². The van der Waals surface area contributed by atoms with Crippen molar-refractivity contribution in [3.63, 3.8) is 0 Å².